The van der Waals surface area contributed by atoms with Gasteiger partial charge < -0.3 is 9.47 Å². The molecule has 0 amide bonds. The van der Waals surface area contributed by atoms with Gasteiger partial charge in [0, 0.05) is 6.42 Å². The van der Waals surface area contributed by atoms with Crippen LogP contribution in [-0.4, -0.2) is 23.8 Å². The van der Waals surface area contributed by atoms with E-state index in [1.807, 2.05) is 13.8 Å². The van der Waals surface area contributed by atoms with Crippen LogP contribution in [0.2, 0.25) is 0 Å². The van der Waals surface area contributed by atoms with Crippen LogP contribution in [0.4, 0.5) is 0 Å². The van der Waals surface area contributed by atoms with Gasteiger partial charge in [0.05, 0.1) is 12.2 Å². The summed E-state index contributed by atoms with van der Waals surface area (Å²) in [5.41, 5.74) is 2.89. The number of hydrogen-bond acceptors (Lipinski definition) is 3. The standard InChI is InChI=1S/C19H28O3/c1-11-12-7-8-19(4)10-17-16(21-18(2,3)22-17)9-14(19)13(12)5-6-15(11)20/h13-14,16-17H,5-10H2,1-4H3/t13-,14+,16+,17-,19+/m0/s1. The van der Waals surface area contributed by atoms with Crippen molar-refractivity contribution in [1.82, 2.24) is 0 Å². The van der Waals surface area contributed by atoms with E-state index in [1.54, 1.807) is 0 Å². The van der Waals surface area contributed by atoms with Crippen molar-refractivity contribution in [3.63, 3.8) is 0 Å². The fourth-order valence-corrected chi connectivity index (χ4v) is 5.71. The summed E-state index contributed by atoms with van der Waals surface area (Å²) in [7, 11) is 0. The molecule has 0 aromatic rings. The maximum absolute atomic E-state index is 12.1. The lowest BCUT2D eigenvalue weighted by Gasteiger charge is -2.53. The molecule has 0 aromatic carbocycles. The molecule has 0 spiro atoms. The van der Waals surface area contributed by atoms with E-state index in [9.17, 15) is 4.79 Å². The molecule has 3 aliphatic carbocycles. The summed E-state index contributed by atoms with van der Waals surface area (Å²) in [6.45, 7) is 8.57. The summed E-state index contributed by atoms with van der Waals surface area (Å²) < 4.78 is 12.3. The lowest BCUT2D eigenvalue weighted by atomic mass is 9.52. The van der Waals surface area contributed by atoms with Crippen molar-refractivity contribution in [3.8, 4) is 0 Å². The van der Waals surface area contributed by atoms with Gasteiger partial charge in [-0.3, -0.25) is 4.79 Å². The van der Waals surface area contributed by atoms with Crippen molar-refractivity contribution in [2.24, 2.45) is 17.3 Å². The minimum absolute atomic E-state index is 0.241. The van der Waals surface area contributed by atoms with Crippen molar-refractivity contribution < 1.29 is 14.3 Å². The highest BCUT2D eigenvalue weighted by molar-refractivity contribution is 5.96. The molecule has 0 aromatic heterocycles. The smallest absolute Gasteiger partial charge is 0.163 e. The van der Waals surface area contributed by atoms with E-state index >= 15 is 0 Å². The molecule has 0 radical (unpaired) electrons. The zero-order chi connectivity index (χ0) is 15.7. The molecular formula is C19H28O3. The number of hydrogen-bond donors (Lipinski definition) is 0. The molecule has 1 heterocycles. The average molecular weight is 304 g/mol. The minimum atomic E-state index is -0.434. The van der Waals surface area contributed by atoms with Gasteiger partial charge in [-0.1, -0.05) is 12.5 Å². The Morgan fingerprint density at radius 2 is 1.82 bits per heavy atom. The Morgan fingerprint density at radius 1 is 1.09 bits per heavy atom. The van der Waals surface area contributed by atoms with Gasteiger partial charge in [0.25, 0.3) is 0 Å². The first-order valence-electron chi connectivity index (χ1n) is 8.88. The largest absolute Gasteiger partial charge is 0.345 e. The van der Waals surface area contributed by atoms with Gasteiger partial charge in [-0.05, 0) is 75.7 Å². The second-order valence-corrected chi connectivity index (χ2v) is 8.63. The summed E-state index contributed by atoms with van der Waals surface area (Å²) in [5.74, 6) is 1.20. The van der Waals surface area contributed by atoms with Crippen LogP contribution in [-0.2, 0) is 14.3 Å². The maximum Gasteiger partial charge on any atom is 0.163 e. The van der Waals surface area contributed by atoms with Crippen molar-refractivity contribution in [2.75, 3.05) is 0 Å². The van der Waals surface area contributed by atoms with Crippen molar-refractivity contribution in [2.45, 2.75) is 84.2 Å². The second-order valence-electron chi connectivity index (χ2n) is 8.63. The Labute approximate surface area is 133 Å². The molecule has 3 heteroatoms. The molecule has 0 bridgehead atoms. The van der Waals surface area contributed by atoms with Gasteiger partial charge in [0.1, 0.15) is 0 Å². The van der Waals surface area contributed by atoms with Gasteiger partial charge in [-0.15, -0.1) is 0 Å². The Morgan fingerprint density at radius 3 is 2.59 bits per heavy atom. The zero-order valence-electron chi connectivity index (χ0n) is 14.3. The fraction of sp³-hybridized carbons (Fsp3) is 0.842. The Bertz CT molecular complexity index is 547. The molecule has 22 heavy (non-hydrogen) atoms. The second kappa shape index (κ2) is 4.67. The lowest BCUT2D eigenvalue weighted by Crippen LogP contribution is -2.49. The van der Waals surface area contributed by atoms with Crippen LogP contribution in [0.5, 0.6) is 0 Å². The highest BCUT2D eigenvalue weighted by atomic mass is 16.7. The van der Waals surface area contributed by atoms with Crippen LogP contribution in [0.25, 0.3) is 0 Å². The fourth-order valence-electron chi connectivity index (χ4n) is 5.71. The van der Waals surface area contributed by atoms with E-state index in [-0.39, 0.29) is 12.2 Å². The zero-order valence-corrected chi connectivity index (χ0v) is 14.3. The SMILES string of the molecule is CC1=C2CC[C@]3(C)C[C@@H]4OC(C)(C)O[C@@H]4C[C@@H]3[C@H]2CCC1=O. The number of rotatable bonds is 0. The molecule has 3 nitrogen and oxygen atoms in total. The van der Waals surface area contributed by atoms with Gasteiger partial charge in [0.2, 0.25) is 0 Å². The normalized spacial score (nSPS) is 47.0. The molecule has 4 aliphatic rings. The highest BCUT2D eigenvalue weighted by Crippen LogP contribution is 2.59. The predicted molar refractivity (Wildman–Crippen MR) is 84.3 cm³/mol. The van der Waals surface area contributed by atoms with Crippen LogP contribution >= 0.6 is 0 Å². The van der Waals surface area contributed by atoms with Crippen LogP contribution in [0.15, 0.2) is 11.1 Å². The number of carbonyl (C=O) groups is 1. The molecule has 2 saturated carbocycles. The first-order chi connectivity index (χ1) is 10.3. The lowest BCUT2D eigenvalue weighted by molar-refractivity contribution is -0.146. The van der Waals surface area contributed by atoms with E-state index in [0.717, 1.165) is 37.7 Å². The van der Waals surface area contributed by atoms with E-state index < -0.39 is 5.79 Å². The van der Waals surface area contributed by atoms with E-state index in [2.05, 4.69) is 13.8 Å². The molecule has 5 atom stereocenters. The van der Waals surface area contributed by atoms with Gasteiger partial charge >= 0.3 is 0 Å². The Balaban J connectivity index is 1.66. The summed E-state index contributed by atoms with van der Waals surface area (Å²) >= 11 is 0. The summed E-state index contributed by atoms with van der Waals surface area (Å²) in [6.07, 6.45) is 6.80. The first kappa shape index (κ1) is 14.9. The van der Waals surface area contributed by atoms with Crippen LogP contribution in [0, 0.1) is 17.3 Å². The average Bonchev–Trinajstić information content (AvgIpc) is 2.72. The van der Waals surface area contributed by atoms with E-state index in [0.29, 0.717) is 23.0 Å². The summed E-state index contributed by atoms with van der Waals surface area (Å²) in [6, 6.07) is 0. The topological polar surface area (TPSA) is 35.5 Å². The number of ether oxygens (including phenoxy) is 2. The van der Waals surface area contributed by atoms with Crippen molar-refractivity contribution in [1.29, 1.82) is 0 Å². The summed E-state index contributed by atoms with van der Waals surface area (Å²) in [5, 5.41) is 0. The monoisotopic (exact) mass is 304 g/mol. The maximum atomic E-state index is 12.1. The van der Waals surface area contributed by atoms with Crippen LogP contribution in [0.1, 0.15) is 66.2 Å². The molecular weight excluding hydrogens is 276 g/mol. The molecule has 3 fully saturated rings. The van der Waals surface area contributed by atoms with Crippen molar-refractivity contribution >= 4 is 5.78 Å². The molecule has 1 aliphatic heterocycles. The van der Waals surface area contributed by atoms with Crippen molar-refractivity contribution in [3.05, 3.63) is 11.1 Å². The van der Waals surface area contributed by atoms with Gasteiger partial charge in [-0.25, -0.2) is 0 Å². The van der Waals surface area contributed by atoms with Crippen LogP contribution < -0.4 is 0 Å². The third-order valence-corrected chi connectivity index (χ3v) is 6.82. The first-order valence-corrected chi connectivity index (χ1v) is 8.88. The Kier molecular flexibility index (Phi) is 3.16. The molecule has 122 valence electrons. The highest BCUT2D eigenvalue weighted by Gasteiger charge is 2.56. The quantitative estimate of drug-likeness (QED) is 0.678. The van der Waals surface area contributed by atoms with E-state index in [1.165, 1.54) is 12.0 Å². The van der Waals surface area contributed by atoms with Crippen LogP contribution in [0.3, 0.4) is 0 Å². The number of carbonyl (C=O) groups excluding carboxylic acids is 1. The summed E-state index contributed by atoms with van der Waals surface area (Å²) in [4.78, 5) is 12.1. The molecule has 4 rings (SSSR count). The Hall–Kier alpha value is -0.670. The van der Waals surface area contributed by atoms with E-state index in [4.69, 9.17) is 9.47 Å². The number of allylic oxidation sites excluding steroid dienone is 2. The predicted octanol–water partition coefficient (Wildman–Crippen LogP) is 4.01. The molecule has 0 N–H and O–H groups in total. The minimum Gasteiger partial charge on any atom is -0.345 e. The third kappa shape index (κ3) is 2.12. The number of ketones is 1. The third-order valence-electron chi connectivity index (χ3n) is 6.82. The molecule has 1 saturated heterocycles. The molecule has 0 unspecified atom stereocenters. The van der Waals surface area contributed by atoms with Gasteiger partial charge in [-0.2, -0.15) is 0 Å². The number of Topliss-reactive ketones (excluding diaryl/α,β-unsaturated/α-hetero) is 1. The number of fused-ring (bicyclic) bond motifs is 4. The van der Waals surface area contributed by atoms with Gasteiger partial charge in [0.15, 0.2) is 11.6 Å².